The summed E-state index contributed by atoms with van der Waals surface area (Å²) in [4.78, 5) is 30.7. The molecule has 1 amide bonds. The summed E-state index contributed by atoms with van der Waals surface area (Å²) in [5, 5.41) is 7.25. The number of pyridine rings is 1. The quantitative estimate of drug-likeness (QED) is 0.210. The molecular formula is C32H23Br2N3O3. The molecule has 1 atom stereocenters. The summed E-state index contributed by atoms with van der Waals surface area (Å²) in [5.41, 5.74) is 4.53. The molecule has 1 N–H and O–H groups in total. The average Bonchev–Trinajstić information content (AvgIpc) is 3.42. The molecule has 1 aliphatic rings. The normalized spacial score (nSPS) is 14.8. The third-order valence-corrected chi connectivity index (χ3v) is 8.24. The molecule has 1 aliphatic heterocycles. The second-order valence-electron chi connectivity index (χ2n) is 9.43. The molecule has 8 heteroatoms. The molecule has 6 nitrogen and oxygen atoms in total. The predicted molar refractivity (Wildman–Crippen MR) is 165 cm³/mol. The number of nitrogens with zero attached hydrogens (tertiary/aromatic N) is 2. The maximum atomic E-state index is 13.9. The smallest absolute Gasteiger partial charge is 0.275 e. The van der Waals surface area contributed by atoms with Gasteiger partial charge in [0.15, 0.2) is 0 Å². The third kappa shape index (κ3) is 4.78. The van der Waals surface area contributed by atoms with Crippen LogP contribution in [0.25, 0.3) is 22.0 Å². The van der Waals surface area contributed by atoms with E-state index in [2.05, 4.69) is 36.8 Å². The van der Waals surface area contributed by atoms with Crippen molar-refractivity contribution >= 4 is 54.4 Å². The Labute approximate surface area is 247 Å². The van der Waals surface area contributed by atoms with Crippen molar-refractivity contribution in [3.05, 3.63) is 133 Å². The van der Waals surface area contributed by atoms with Crippen molar-refractivity contribution < 1.29 is 9.53 Å². The van der Waals surface area contributed by atoms with E-state index in [1.165, 1.54) is 5.01 Å². The largest absolute Gasteiger partial charge is 0.497 e. The predicted octanol–water partition coefficient (Wildman–Crippen LogP) is 7.72. The van der Waals surface area contributed by atoms with E-state index in [4.69, 9.17) is 9.84 Å². The van der Waals surface area contributed by atoms with Crippen molar-refractivity contribution in [1.82, 2.24) is 9.99 Å². The van der Waals surface area contributed by atoms with E-state index >= 15 is 0 Å². The van der Waals surface area contributed by atoms with E-state index in [0.717, 1.165) is 37.8 Å². The molecular weight excluding hydrogens is 634 g/mol. The zero-order chi connectivity index (χ0) is 27.8. The number of hydrazone groups is 1. The van der Waals surface area contributed by atoms with Crippen molar-refractivity contribution in [2.45, 2.75) is 12.5 Å². The molecule has 2 heterocycles. The molecule has 0 spiro atoms. The van der Waals surface area contributed by atoms with Crippen LogP contribution < -0.4 is 10.3 Å². The Balaban J connectivity index is 1.57. The molecule has 198 valence electrons. The van der Waals surface area contributed by atoms with Gasteiger partial charge in [-0.2, -0.15) is 5.10 Å². The van der Waals surface area contributed by atoms with Gasteiger partial charge >= 0.3 is 0 Å². The lowest BCUT2D eigenvalue weighted by atomic mass is 9.91. The van der Waals surface area contributed by atoms with Crippen LogP contribution in [0.15, 0.2) is 116 Å². The fourth-order valence-corrected chi connectivity index (χ4v) is 5.95. The van der Waals surface area contributed by atoms with Crippen LogP contribution in [0, 0.1) is 0 Å². The molecule has 6 rings (SSSR count). The number of carbonyl (C=O) groups excluding carboxylic acids is 1. The topological polar surface area (TPSA) is 74.8 Å². The van der Waals surface area contributed by atoms with E-state index < -0.39 is 6.04 Å². The van der Waals surface area contributed by atoms with Crippen LogP contribution in [0.4, 0.5) is 0 Å². The van der Waals surface area contributed by atoms with Crippen molar-refractivity contribution in [2.75, 3.05) is 7.11 Å². The highest BCUT2D eigenvalue weighted by molar-refractivity contribution is 9.10. The number of halogens is 2. The van der Waals surface area contributed by atoms with Gasteiger partial charge in [0.1, 0.15) is 5.75 Å². The maximum Gasteiger partial charge on any atom is 0.275 e. The van der Waals surface area contributed by atoms with Gasteiger partial charge in [0.05, 0.1) is 30.0 Å². The number of aromatic nitrogens is 1. The van der Waals surface area contributed by atoms with Gasteiger partial charge in [0.2, 0.25) is 0 Å². The van der Waals surface area contributed by atoms with Crippen LogP contribution >= 0.6 is 31.9 Å². The van der Waals surface area contributed by atoms with E-state index in [1.807, 2.05) is 91.0 Å². The molecule has 1 aromatic heterocycles. The van der Waals surface area contributed by atoms with Crippen LogP contribution in [0.5, 0.6) is 5.75 Å². The first kappa shape index (κ1) is 26.2. The van der Waals surface area contributed by atoms with Gasteiger partial charge in [-0.1, -0.05) is 70.5 Å². The van der Waals surface area contributed by atoms with Crippen molar-refractivity contribution in [1.29, 1.82) is 0 Å². The molecule has 0 saturated carbocycles. The average molecular weight is 657 g/mol. The first-order valence-electron chi connectivity index (χ1n) is 12.7. The van der Waals surface area contributed by atoms with Crippen molar-refractivity contribution in [2.24, 2.45) is 5.10 Å². The van der Waals surface area contributed by atoms with Gasteiger partial charge in [-0.15, -0.1) is 0 Å². The molecule has 1 unspecified atom stereocenters. The number of hydrogen-bond acceptors (Lipinski definition) is 4. The Morgan fingerprint density at radius 3 is 2.38 bits per heavy atom. The van der Waals surface area contributed by atoms with Gasteiger partial charge in [-0.3, -0.25) is 9.59 Å². The Kier molecular flexibility index (Phi) is 7.12. The summed E-state index contributed by atoms with van der Waals surface area (Å²) >= 11 is 7.10. The number of carbonyl (C=O) groups is 1. The second-order valence-corrected chi connectivity index (χ2v) is 11.2. The number of amides is 1. The first-order valence-corrected chi connectivity index (χ1v) is 14.2. The van der Waals surface area contributed by atoms with E-state index in [9.17, 15) is 9.59 Å². The highest BCUT2D eigenvalue weighted by Crippen LogP contribution is 2.39. The fourth-order valence-electron chi connectivity index (χ4n) is 5.14. The molecule has 5 aromatic rings. The van der Waals surface area contributed by atoms with Crippen molar-refractivity contribution in [3.8, 4) is 16.9 Å². The zero-order valence-electron chi connectivity index (χ0n) is 21.4. The molecule has 0 bridgehead atoms. The molecule has 0 aliphatic carbocycles. The molecule has 0 radical (unpaired) electrons. The zero-order valence-corrected chi connectivity index (χ0v) is 24.6. The minimum atomic E-state index is -0.415. The number of rotatable bonds is 5. The molecule has 4 aromatic carbocycles. The lowest BCUT2D eigenvalue weighted by molar-refractivity contribution is 0.0710. The van der Waals surface area contributed by atoms with E-state index in [-0.39, 0.29) is 11.5 Å². The van der Waals surface area contributed by atoms with Crippen LogP contribution in [-0.2, 0) is 0 Å². The Bertz CT molecular complexity index is 1830. The summed E-state index contributed by atoms with van der Waals surface area (Å²) in [6.07, 6.45) is 0.366. The number of H-pyrrole nitrogens is 1. The summed E-state index contributed by atoms with van der Waals surface area (Å²) in [7, 11) is 1.62. The van der Waals surface area contributed by atoms with Crippen molar-refractivity contribution in [3.63, 3.8) is 0 Å². The molecule has 0 saturated heterocycles. The third-order valence-electron chi connectivity index (χ3n) is 7.05. The number of benzene rings is 4. The van der Waals surface area contributed by atoms with Gasteiger partial charge in [0, 0.05) is 31.8 Å². The van der Waals surface area contributed by atoms with Gasteiger partial charge in [-0.05, 0) is 69.5 Å². The summed E-state index contributed by atoms with van der Waals surface area (Å²) in [6, 6.07) is 30.0. The van der Waals surface area contributed by atoms with Crippen LogP contribution in [0.1, 0.15) is 33.9 Å². The highest BCUT2D eigenvalue weighted by atomic mass is 79.9. The number of aromatic amines is 1. The maximum absolute atomic E-state index is 13.9. The Morgan fingerprint density at radius 2 is 1.65 bits per heavy atom. The highest BCUT2D eigenvalue weighted by Gasteiger charge is 2.36. The summed E-state index contributed by atoms with van der Waals surface area (Å²) in [5.74, 6) is 0.457. The molecule has 40 heavy (non-hydrogen) atoms. The van der Waals surface area contributed by atoms with E-state index in [1.54, 1.807) is 13.2 Å². The number of ether oxygens (including phenoxy) is 1. The standard InChI is InChI=1S/C32H23Br2N3O3/c1-40-22-14-11-19(12-15-22)28-18-27(36-37(28)32(39)23-9-5-6-10-25(23)34)30-29(20-7-3-2-4-8-20)24-17-21(33)13-16-26(24)35-31(30)38/h2-17,28H,18H2,1H3,(H,35,38). The van der Waals surface area contributed by atoms with Crippen LogP contribution in [-0.4, -0.2) is 28.7 Å². The first-order chi connectivity index (χ1) is 19.4. The van der Waals surface area contributed by atoms with Crippen LogP contribution in [0.2, 0.25) is 0 Å². The Hall–Kier alpha value is -4.01. The number of hydrogen-bond donors (Lipinski definition) is 1. The summed E-state index contributed by atoms with van der Waals surface area (Å²) in [6.45, 7) is 0. The fraction of sp³-hybridized carbons (Fsp3) is 0.0938. The Morgan fingerprint density at radius 1 is 0.925 bits per heavy atom. The number of fused-ring (bicyclic) bond motifs is 1. The minimum Gasteiger partial charge on any atom is -0.497 e. The van der Waals surface area contributed by atoms with Gasteiger partial charge in [0.25, 0.3) is 11.5 Å². The van der Waals surface area contributed by atoms with E-state index in [0.29, 0.717) is 27.7 Å². The summed E-state index contributed by atoms with van der Waals surface area (Å²) < 4.78 is 6.92. The van der Waals surface area contributed by atoms with Gasteiger partial charge in [-0.25, -0.2) is 5.01 Å². The SMILES string of the molecule is COc1ccc(C2CC(c3c(-c4ccccc4)c4cc(Br)ccc4[nH]c3=O)=NN2C(=O)c2ccccc2Br)cc1. The van der Waals surface area contributed by atoms with Gasteiger partial charge < -0.3 is 9.72 Å². The van der Waals surface area contributed by atoms with Crippen LogP contribution in [0.3, 0.4) is 0 Å². The lowest BCUT2D eigenvalue weighted by Gasteiger charge is -2.22. The number of nitrogens with one attached hydrogen (secondary N) is 1. The molecule has 0 fully saturated rings. The minimum absolute atomic E-state index is 0.254. The monoisotopic (exact) mass is 655 g/mol. The number of methoxy groups -OCH3 is 1. The second kappa shape index (κ2) is 10.9. The lowest BCUT2D eigenvalue weighted by Crippen LogP contribution is -2.27.